The van der Waals surface area contributed by atoms with Crippen LogP contribution in [0.4, 0.5) is 5.69 Å². The summed E-state index contributed by atoms with van der Waals surface area (Å²) in [5.74, 6) is -0.110. The Kier molecular flexibility index (Phi) is 4.49. The van der Waals surface area contributed by atoms with Crippen molar-refractivity contribution in [2.75, 3.05) is 12.8 Å². The van der Waals surface area contributed by atoms with Gasteiger partial charge in [-0.15, -0.1) is 11.3 Å². The molecule has 2 N–H and O–H groups in total. The molecule has 1 amide bonds. The van der Waals surface area contributed by atoms with Crippen LogP contribution in [0, 0.1) is 0 Å². The van der Waals surface area contributed by atoms with E-state index in [2.05, 4.69) is 21.0 Å². The summed E-state index contributed by atoms with van der Waals surface area (Å²) in [6, 6.07) is 2.01. The maximum absolute atomic E-state index is 12.5. The van der Waals surface area contributed by atoms with Crippen molar-refractivity contribution >= 4 is 38.9 Å². The molecule has 108 valence electrons. The number of carbonyl (C=O) groups excluding carboxylic acids is 1. The van der Waals surface area contributed by atoms with Crippen LogP contribution in [-0.2, 0) is 20.0 Å². The number of carbonyl (C=O) groups is 1. The van der Waals surface area contributed by atoms with E-state index >= 15 is 0 Å². The summed E-state index contributed by atoms with van der Waals surface area (Å²) in [4.78, 5) is 15.3. The van der Waals surface area contributed by atoms with E-state index < -0.39 is 0 Å². The number of halogens is 1. The van der Waals surface area contributed by atoms with Crippen LogP contribution >= 0.6 is 27.3 Å². The molecule has 0 radical (unpaired) electrons. The molecule has 2 rings (SSSR count). The highest BCUT2D eigenvalue weighted by Crippen LogP contribution is 2.23. The van der Waals surface area contributed by atoms with Gasteiger partial charge in [0, 0.05) is 28.8 Å². The number of aromatic nitrogens is 2. The van der Waals surface area contributed by atoms with Crippen LogP contribution in [0.25, 0.3) is 0 Å². The third kappa shape index (κ3) is 2.88. The maximum atomic E-state index is 12.5. The predicted molar refractivity (Wildman–Crippen MR) is 84.8 cm³/mol. The molecule has 2 aromatic rings. The largest absolute Gasteiger partial charge is 0.395 e. The molecule has 20 heavy (non-hydrogen) atoms. The van der Waals surface area contributed by atoms with Gasteiger partial charge in [-0.2, -0.15) is 5.10 Å². The van der Waals surface area contributed by atoms with E-state index in [0.29, 0.717) is 24.3 Å². The molecule has 5 nitrogen and oxygen atoms in total. The molecular weight excluding hydrogens is 340 g/mol. The molecule has 0 spiro atoms. The van der Waals surface area contributed by atoms with Crippen molar-refractivity contribution in [1.29, 1.82) is 0 Å². The molecule has 2 heterocycles. The quantitative estimate of drug-likeness (QED) is 0.915. The van der Waals surface area contributed by atoms with E-state index in [1.807, 2.05) is 18.4 Å². The summed E-state index contributed by atoms with van der Waals surface area (Å²) in [5, 5.41) is 6.28. The van der Waals surface area contributed by atoms with E-state index in [4.69, 9.17) is 5.73 Å². The lowest BCUT2D eigenvalue weighted by Crippen LogP contribution is -2.28. The number of rotatable bonds is 4. The van der Waals surface area contributed by atoms with E-state index in [1.165, 1.54) is 0 Å². The summed E-state index contributed by atoms with van der Waals surface area (Å²) in [7, 11) is 3.52. The second-order valence-corrected chi connectivity index (χ2v) is 6.49. The van der Waals surface area contributed by atoms with Crippen molar-refractivity contribution in [1.82, 2.24) is 14.7 Å². The molecule has 0 saturated carbocycles. The number of amides is 1. The molecule has 0 unspecified atom stereocenters. The van der Waals surface area contributed by atoms with E-state index in [9.17, 15) is 4.79 Å². The highest BCUT2D eigenvalue weighted by atomic mass is 79.9. The first-order chi connectivity index (χ1) is 9.43. The number of aryl methyl sites for hydroxylation is 2. The molecule has 7 heteroatoms. The van der Waals surface area contributed by atoms with Gasteiger partial charge in [0.2, 0.25) is 0 Å². The fraction of sp³-hybridized carbons (Fsp3) is 0.385. The Morgan fingerprint density at radius 3 is 2.80 bits per heavy atom. The van der Waals surface area contributed by atoms with Gasteiger partial charge in [0.25, 0.3) is 5.91 Å². The lowest BCUT2D eigenvalue weighted by Gasteiger charge is -2.16. The molecule has 2 aromatic heterocycles. The smallest absolute Gasteiger partial charge is 0.274 e. The molecule has 0 aromatic carbocycles. The van der Waals surface area contributed by atoms with Gasteiger partial charge in [-0.25, -0.2) is 0 Å². The molecule has 0 bridgehead atoms. The lowest BCUT2D eigenvalue weighted by molar-refractivity contribution is 0.0776. The molecule has 0 aliphatic heterocycles. The Balaban J connectivity index is 2.20. The SMILES string of the molecule is CCc1nn(C)c(C(=O)N(C)Cc2cc(Br)cs2)c1N. The number of hydrogen-bond acceptors (Lipinski definition) is 4. The number of thiophene rings is 1. The fourth-order valence-corrected chi connectivity index (χ4v) is 3.54. The Hall–Kier alpha value is -1.34. The third-order valence-corrected chi connectivity index (χ3v) is 4.74. The van der Waals surface area contributed by atoms with Gasteiger partial charge in [0.15, 0.2) is 0 Å². The van der Waals surface area contributed by atoms with Gasteiger partial charge in [0.05, 0.1) is 17.9 Å². The minimum atomic E-state index is -0.110. The van der Waals surface area contributed by atoms with E-state index in [1.54, 1.807) is 35.0 Å². The summed E-state index contributed by atoms with van der Waals surface area (Å²) in [5.41, 5.74) is 7.73. The molecule has 0 atom stereocenters. The lowest BCUT2D eigenvalue weighted by atomic mass is 10.2. The molecule has 0 aliphatic rings. The van der Waals surface area contributed by atoms with Crippen molar-refractivity contribution in [2.45, 2.75) is 19.9 Å². The van der Waals surface area contributed by atoms with Gasteiger partial charge in [-0.05, 0) is 28.4 Å². The van der Waals surface area contributed by atoms with Crippen molar-refractivity contribution < 1.29 is 4.79 Å². The fourth-order valence-electron chi connectivity index (χ4n) is 2.03. The zero-order chi connectivity index (χ0) is 14.9. The molecular formula is C13H17BrN4OS. The first kappa shape index (κ1) is 15.1. The Labute approximate surface area is 130 Å². The van der Waals surface area contributed by atoms with Crippen LogP contribution in [0.1, 0.15) is 28.0 Å². The van der Waals surface area contributed by atoms with Crippen molar-refractivity contribution in [3.8, 4) is 0 Å². The second-order valence-electron chi connectivity index (χ2n) is 4.58. The zero-order valence-electron chi connectivity index (χ0n) is 11.7. The van der Waals surface area contributed by atoms with Crippen LogP contribution in [-0.4, -0.2) is 27.6 Å². The summed E-state index contributed by atoms with van der Waals surface area (Å²) in [6.07, 6.45) is 0.717. The van der Waals surface area contributed by atoms with Gasteiger partial charge in [-0.3, -0.25) is 9.48 Å². The van der Waals surface area contributed by atoms with E-state index in [-0.39, 0.29) is 5.91 Å². The minimum Gasteiger partial charge on any atom is -0.395 e. The number of nitrogens with two attached hydrogens (primary N) is 1. The number of nitrogens with zero attached hydrogens (tertiary/aromatic N) is 3. The number of hydrogen-bond donors (Lipinski definition) is 1. The van der Waals surface area contributed by atoms with Crippen LogP contribution in [0.3, 0.4) is 0 Å². The van der Waals surface area contributed by atoms with E-state index in [0.717, 1.165) is 15.0 Å². The van der Waals surface area contributed by atoms with Crippen LogP contribution < -0.4 is 5.73 Å². The van der Waals surface area contributed by atoms with Gasteiger partial charge in [-0.1, -0.05) is 6.92 Å². The maximum Gasteiger partial charge on any atom is 0.274 e. The van der Waals surface area contributed by atoms with Crippen LogP contribution in [0.2, 0.25) is 0 Å². The van der Waals surface area contributed by atoms with Gasteiger partial charge >= 0.3 is 0 Å². The van der Waals surface area contributed by atoms with Crippen molar-refractivity contribution in [2.24, 2.45) is 7.05 Å². The molecule has 0 fully saturated rings. The monoisotopic (exact) mass is 356 g/mol. The summed E-state index contributed by atoms with van der Waals surface area (Å²) in [6.45, 7) is 2.53. The Bertz CT molecular complexity index is 634. The predicted octanol–water partition coefficient (Wildman–Crippen LogP) is 2.66. The highest BCUT2D eigenvalue weighted by Gasteiger charge is 2.22. The third-order valence-electron chi connectivity index (χ3n) is 3.06. The van der Waals surface area contributed by atoms with Crippen LogP contribution in [0.5, 0.6) is 0 Å². The van der Waals surface area contributed by atoms with Gasteiger partial charge < -0.3 is 10.6 Å². The first-order valence-corrected chi connectivity index (χ1v) is 7.91. The summed E-state index contributed by atoms with van der Waals surface area (Å²) >= 11 is 5.03. The number of nitrogen functional groups attached to an aromatic ring is 1. The average Bonchev–Trinajstić information content (AvgIpc) is 2.92. The topological polar surface area (TPSA) is 64.2 Å². The normalized spacial score (nSPS) is 10.8. The minimum absolute atomic E-state index is 0.110. The standard InChI is InChI=1S/C13H17BrN4OS/c1-4-10-11(15)12(18(3)16-10)13(19)17(2)6-9-5-8(14)7-20-9/h5,7H,4,6,15H2,1-3H3. The Morgan fingerprint density at radius 1 is 1.60 bits per heavy atom. The van der Waals surface area contributed by atoms with Gasteiger partial charge in [0.1, 0.15) is 5.69 Å². The first-order valence-electron chi connectivity index (χ1n) is 6.23. The second kappa shape index (κ2) is 5.97. The van der Waals surface area contributed by atoms with Crippen LogP contribution in [0.15, 0.2) is 15.9 Å². The van der Waals surface area contributed by atoms with Crippen molar-refractivity contribution in [3.63, 3.8) is 0 Å². The molecule has 0 saturated heterocycles. The Morgan fingerprint density at radius 2 is 2.30 bits per heavy atom. The molecule has 0 aliphatic carbocycles. The summed E-state index contributed by atoms with van der Waals surface area (Å²) < 4.78 is 2.60. The highest BCUT2D eigenvalue weighted by molar-refractivity contribution is 9.10. The van der Waals surface area contributed by atoms with Crippen molar-refractivity contribution in [3.05, 3.63) is 32.2 Å². The number of anilines is 1. The average molecular weight is 357 g/mol. The zero-order valence-corrected chi connectivity index (χ0v) is 14.1.